The average molecular weight is 1040 g/mol. The number of carbonyl (C=O) groups excluding carboxylic acids is 3. The van der Waals surface area contributed by atoms with E-state index in [-0.39, 0.29) is 37.5 Å². The van der Waals surface area contributed by atoms with Crippen molar-refractivity contribution in [2.75, 3.05) is 13.2 Å². The van der Waals surface area contributed by atoms with Gasteiger partial charge in [0.25, 0.3) is 0 Å². The van der Waals surface area contributed by atoms with Crippen LogP contribution in [-0.4, -0.2) is 37.2 Å². The van der Waals surface area contributed by atoms with E-state index in [2.05, 4.69) is 142 Å². The number of hydrogen-bond acceptors (Lipinski definition) is 6. The van der Waals surface area contributed by atoms with E-state index in [1.54, 1.807) is 0 Å². The summed E-state index contributed by atoms with van der Waals surface area (Å²) in [5.74, 6) is -0.975. The average Bonchev–Trinajstić information content (AvgIpc) is 3.41. The Bertz CT molecular complexity index is 1570. The highest BCUT2D eigenvalue weighted by Crippen LogP contribution is 2.15. The zero-order valence-corrected chi connectivity index (χ0v) is 48.8. The van der Waals surface area contributed by atoms with Crippen molar-refractivity contribution in [3.05, 3.63) is 122 Å². The number of carbonyl (C=O) groups is 3. The van der Waals surface area contributed by atoms with Gasteiger partial charge in [-0.25, -0.2) is 0 Å². The van der Waals surface area contributed by atoms with Crippen LogP contribution in [0.15, 0.2) is 122 Å². The number of ether oxygens (including phenoxy) is 3. The van der Waals surface area contributed by atoms with E-state index in [9.17, 15) is 14.4 Å². The second-order valence-corrected chi connectivity index (χ2v) is 20.2. The number of unbranched alkanes of at least 4 members (excludes halogenated alkanes) is 24. The van der Waals surface area contributed by atoms with Gasteiger partial charge >= 0.3 is 17.9 Å². The van der Waals surface area contributed by atoms with Crippen molar-refractivity contribution in [3.8, 4) is 0 Å². The summed E-state index contributed by atoms with van der Waals surface area (Å²) in [6.45, 7) is 6.43. The van der Waals surface area contributed by atoms with Crippen LogP contribution in [0.5, 0.6) is 0 Å². The molecule has 0 fully saturated rings. The maximum absolute atomic E-state index is 12.9. The molecule has 0 radical (unpaired) electrons. The molecule has 6 heteroatoms. The van der Waals surface area contributed by atoms with Gasteiger partial charge in [-0.1, -0.05) is 258 Å². The zero-order valence-electron chi connectivity index (χ0n) is 48.8. The quantitative estimate of drug-likeness (QED) is 0.0261. The minimum absolute atomic E-state index is 0.103. The molecule has 6 nitrogen and oxygen atoms in total. The highest BCUT2D eigenvalue weighted by atomic mass is 16.6. The standard InChI is InChI=1S/C69H114O6/c1-4-7-10-13-16-19-22-24-26-28-30-32-34-36-38-40-42-44-47-50-53-56-59-62-68(71)74-65-66(64-73-67(70)61-58-55-52-49-46-21-18-15-12-9-6-3)75-69(72)63-60-57-54-51-48-45-43-41-39-37-35-33-31-29-27-25-23-20-17-14-11-8-5-2/h7,10,15-16,18-19,23-26,29-32,36,38,42,44,50,53,66H,4-6,8-9,11-14,17,20-22,27-28,33-35,37,39-41,43,45-49,51-52,54-65H2,1-3H3/b10-7-,18-15-,19-16-,25-23-,26-24-,31-29-,32-30-,38-36-,44-42-,53-50-. The van der Waals surface area contributed by atoms with Gasteiger partial charge in [0.15, 0.2) is 6.10 Å². The van der Waals surface area contributed by atoms with Gasteiger partial charge in [0.05, 0.1) is 0 Å². The van der Waals surface area contributed by atoms with Gasteiger partial charge < -0.3 is 14.2 Å². The fraction of sp³-hybridized carbons (Fsp3) is 0.667. The number of hydrogen-bond donors (Lipinski definition) is 0. The Hall–Kier alpha value is -4.19. The lowest BCUT2D eigenvalue weighted by atomic mass is 10.0. The van der Waals surface area contributed by atoms with Crippen molar-refractivity contribution < 1.29 is 28.6 Å². The molecule has 0 bridgehead atoms. The first kappa shape index (κ1) is 70.8. The van der Waals surface area contributed by atoms with Gasteiger partial charge in [-0.15, -0.1) is 0 Å². The lowest BCUT2D eigenvalue weighted by Crippen LogP contribution is -2.30. The molecule has 0 aliphatic rings. The molecule has 426 valence electrons. The van der Waals surface area contributed by atoms with Crippen LogP contribution in [0.2, 0.25) is 0 Å². The van der Waals surface area contributed by atoms with E-state index in [1.807, 2.05) is 0 Å². The predicted octanol–water partition coefficient (Wildman–Crippen LogP) is 21.2. The van der Waals surface area contributed by atoms with Gasteiger partial charge in [0.2, 0.25) is 0 Å². The van der Waals surface area contributed by atoms with Crippen molar-refractivity contribution in [2.45, 2.75) is 284 Å². The second-order valence-electron chi connectivity index (χ2n) is 20.2. The second kappa shape index (κ2) is 62.4. The third-order valence-corrected chi connectivity index (χ3v) is 12.9. The molecule has 0 aromatic rings. The number of esters is 3. The van der Waals surface area contributed by atoms with E-state index in [4.69, 9.17) is 14.2 Å². The van der Waals surface area contributed by atoms with Gasteiger partial charge in [0, 0.05) is 19.3 Å². The maximum Gasteiger partial charge on any atom is 0.306 e. The first-order chi connectivity index (χ1) is 37.0. The molecule has 0 heterocycles. The van der Waals surface area contributed by atoms with Gasteiger partial charge in [-0.2, -0.15) is 0 Å². The molecule has 0 saturated heterocycles. The maximum atomic E-state index is 12.9. The largest absolute Gasteiger partial charge is 0.462 e. The Kier molecular flexibility index (Phi) is 58.9. The fourth-order valence-electron chi connectivity index (χ4n) is 8.27. The Labute approximate surface area is 462 Å². The first-order valence-corrected chi connectivity index (χ1v) is 31.0. The van der Waals surface area contributed by atoms with Crippen molar-refractivity contribution in [2.24, 2.45) is 0 Å². The van der Waals surface area contributed by atoms with Gasteiger partial charge in [-0.05, 0) is 122 Å². The third kappa shape index (κ3) is 60.6. The van der Waals surface area contributed by atoms with Crippen molar-refractivity contribution in [1.82, 2.24) is 0 Å². The predicted molar refractivity (Wildman–Crippen MR) is 325 cm³/mol. The van der Waals surface area contributed by atoms with Crippen molar-refractivity contribution >= 4 is 17.9 Å². The van der Waals surface area contributed by atoms with Crippen LogP contribution >= 0.6 is 0 Å². The molecule has 0 N–H and O–H groups in total. The molecule has 0 aliphatic heterocycles. The summed E-state index contributed by atoms with van der Waals surface area (Å²) in [4.78, 5) is 38.2. The van der Waals surface area contributed by atoms with E-state index in [0.29, 0.717) is 19.3 Å². The first-order valence-electron chi connectivity index (χ1n) is 31.0. The van der Waals surface area contributed by atoms with E-state index >= 15 is 0 Å². The van der Waals surface area contributed by atoms with Crippen molar-refractivity contribution in [3.63, 3.8) is 0 Å². The fourth-order valence-corrected chi connectivity index (χ4v) is 8.27. The van der Waals surface area contributed by atoms with E-state index in [0.717, 1.165) is 109 Å². The molecular formula is C69H114O6. The molecular weight excluding hydrogens is 925 g/mol. The normalized spacial score (nSPS) is 12.9. The molecule has 0 saturated carbocycles. The highest BCUT2D eigenvalue weighted by molar-refractivity contribution is 5.71. The lowest BCUT2D eigenvalue weighted by molar-refractivity contribution is -0.167. The minimum atomic E-state index is -0.810. The summed E-state index contributed by atoms with van der Waals surface area (Å²) in [5, 5.41) is 0. The van der Waals surface area contributed by atoms with Crippen LogP contribution in [0.25, 0.3) is 0 Å². The van der Waals surface area contributed by atoms with Crippen LogP contribution < -0.4 is 0 Å². The van der Waals surface area contributed by atoms with Crippen LogP contribution in [0, 0.1) is 0 Å². The Balaban J connectivity index is 4.41. The van der Waals surface area contributed by atoms with Crippen LogP contribution in [0.1, 0.15) is 278 Å². The SMILES string of the molecule is CC/C=C\C/C=C\C/C=C\C/C=C\C/C=C\C/C=C\C/C=C\CCCC(=O)OCC(COC(=O)CCCCCCC/C=C\CCCC)OC(=O)CCCCCCCCCCCCC/C=C\C/C=C\CCCCCCC. The van der Waals surface area contributed by atoms with E-state index < -0.39 is 6.10 Å². The molecule has 0 rings (SSSR count). The van der Waals surface area contributed by atoms with Crippen LogP contribution in [0.3, 0.4) is 0 Å². The molecule has 0 aliphatic carbocycles. The molecule has 0 spiro atoms. The van der Waals surface area contributed by atoms with Crippen molar-refractivity contribution in [1.29, 1.82) is 0 Å². The topological polar surface area (TPSA) is 78.9 Å². The Morgan fingerprint density at radius 2 is 0.547 bits per heavy atom. The minimum Gasteiger partial charge on any atom is -0.462 e. The highest BCUT2D eigenvalue weighted by Gasteiger charge is 2.19. The summed E-state index contributed by atoms with van der Waals surface area (Å²) in [6.07, 6.45) is 86.4. The molecule has 0 aromatic heterocycles. The summed E-state index contributed by atoms with van der Waals surface area (Å²) in [6, 6.07) is 0. The number of rotatable bonds is 55. The smallest absolute Gasteiger partial charge is 0.306 e. The van der Waals surface area contributed by atoms with Crippen LogP contribution in [-0.2, 0) is 28.6 Å². The zero-order chi connectivity index (χ0) is 54.3. The molecule has 0 amide bonds. The molecule has 1 unspecified atom stereocenters. The van der Waals surface area contributed by atoms with Gasteiger partial charge in [-0.3, -0.25) is 14.4 Å². The third-order valence-electron chi connectivity index (χ3n) is 12.9. The monoisotopic (exact) mass is 1040 g/mol. The molecule has 0 aromatic carbocycles. The summed E-state index contributed by atoms with van der Waals surface area (Å²) in [7, 11) is 0. The summed E-state index contributed by atoms with van der Waals surface area (Å²) < 4.78 is 16.8. The molecule has 1 atom stereocenters. The number of allylic oxidation sites excluding steroid dienone is 20. The lowest BCUT2D eigenvalue weighted by Gasteiger charge is -2.18. The summed E-state index contributed by atoms with van der Waals surface area (Å²) >= 11 is 0. The Morgan fingerprint density at radius 1 is 0.280 bits per heavy atom. The molecule has 75 heavy (non-hydrogen) atoms. The van der Waals surface area contributed by atoms with Gasteiger partial charge in [0.1, 0.15) is 13.2 Å². The Morgan fingerprint density at radius 3 is 0.920 bits per heavy atom. The van der Waals surface area contributed by atoms with Crippen LogP contribution in [0.4, 0.5) is 0 Å². The summed E-state index contributed by atoms with van der Waals surface area (Å²) in [5.41, 5.74) is 0. The van der Waals surface area contributed by atoms with E-state index in [1.165, 1.54) is 122 Å².